The fourth-order valence-electron chi connectivity index (χ4n) is 3.35. The van der Waals surface area contributed by atoms with Crippen LogP contribution in [0.2, 0.25) is 0 Å². The summed E-state index contributed by atoms with van der Waals surface area (Å²) in [5.74, 6) is 1.32. The molecule has 3 N–H and O–H groups in total. The van der Waals surface area contributed by atoms with Crippen LogP contribution in [0, 0.1) is 6.92 Å². The van der Waals surface area contributed by atoms with E-state index in [9.17, 15) is 0 Å². The molecular formula is C23H22N4O. The molecule has 0 amide bonds. The van der Waals surface area contributed by atoms with Crippen LogP contribution in [0.3, 0.4) is 0 Å². The summed E-state index contributed by atoms with van der Waals surface area (Å²) in [6, 6.07) is 20.3. The van der Waals surface area contributed by atoms with Gasteiger partial charge in [-0.1, -0.05) is 24.3 Å². The Morgan fingerprint density at radius 2 is 1.89 bits per heavy atom. The lowest BCUT2D eigenvalue weighted by Gasteiger charge is -2.14. The van der Waals surface area contributed by atoms with Crippen LogP contribution in [0.15, 0.2) is 66.9 Å². The number of aryl methyl sites for hydroxylation is 1. The van der Waals surface area contributed by atoms with E-state index in [1.54, 1.807) is 7.11 Å². The number of hydrogen-bond acceptors (Lipinski definition) is 5. The van der Waals surface area contributed by atoms with Crippen LogP contribution in [-0.4, -0.2) is 17.1 Å². The van der Waals surface area contributed by atoms with Crippen molar-refractivity contribution in [2.45, 2.75) is 13.5 Å². The van der Waals surface area contributed by atoms with Gasteiger partial charge in [0.15, 0.2) is 0 Å². The first-order valence-electron chi connectivity index (χ1n) is 9.14. The Kier molecular flexibility index (Phi) is 4.81. The first-order chi connectivity index (χ1) is 13.7. The number of methoxy groups -OCH3 is 1. The van der Waals surface area contributed by atoms with Crippen LogP contribution >= 0.6 is 0 Å². The van der Waals surface area contributed by atoms with Crippen LogP contribution < -0.4 is 15.8 Å². The molecule has 140 valence electrons. The molecule has 2 heterocycles. The molecule has 0 saturated carbocycles. The third-order valence-corrected chi connectivity index (χ3v) is 4.77. The van der Waals surface area contributed by atoms with Gasteiger partial charge in [-0.3, -0.25) is 4.98 Å². The van der Waals surface area contributed by atoms with Crippen molar-refractivity contribution in [3.05, 3.63) is 78.1 Å². The Labute approximate surface area is 164 Å². The number of benzene rings is 2. The molecule has 0 aliphatic heterocycles. The van der Waals surface area contributed by atoms with Gasteiger partial charge >= 0.3 is 0 Å². The predicted molar refractivity (Wildman–Crippen MR) is 114 cm³/mol. The predicted octanol–water partition coefficient (Wildman–Crippen LogP) is 4.81. The summed E-state index contributed by atoms with van der Waals surface area (Å²) in [7, 11) is 1.68. The lowest BCUT2D eigenvalue weighted by Crippen LogP contribution is -2.06. The van der Waals surface area contributed by atoms with E-state index in [0.717, 1.165) is 44.7 Å². The van der Waals surface area contributed by atoms with Gasteiger partial charge in [-0.05, 0) is 54.4 Å². The first kappa shape index (κ1) is 17.8. The monoisotopic (exact) mass is 370 g/mol. The van der Waals surface area contributed by atoms with E-state index in [0.29, 0.717) is 12.4 Å². The number of fused-ring (bicyclic) bond motifs is 1. The molecule has 0 bridgehead atoms. The highest BCUT2D eigenvalue weighted by Crippen LogP contribution is 2.31. The van der Waals surface area contributed by atoms with Gasteiger partial charge in [-0.2, -0.15) is 0 Å². The number of para-hydroxylation sites is 1. The van der Waals surface area contributed by atoms with Gasteiger partial charge in [-0.25, -0.2) is 4.98 Å². The summed E-state index contributed by atoms with van der Waals surface area (Å²) in [5.41, 5.74) is 12.0. The summed E-state index contributed by atoms with van der Waals surface area (Å²) in [4.78, 5) is 8.76. The second kappa shape index (κ2) is 7.56. The second-order valence-electron chi connectivity index (χ2n) is 6.64. The van der Waals surface area contributed by atoms with Gasteiger partial charge in [0.2, 0.25) is 0 Å². The zero-order chi connectivity index (χ0) is 19.5. The molecule has 0 unspecified atom stereocenters. The molecule has 0 atom stereocenters. The standard InChI is InChI=1S/C23H22N4O/c1-15-7-9-21(23(24)27-15)26-14-17-13-16(8-10-22(17)28-2)18-11-12-25-20-6-4-3-5-19(18)20/h3-13,26H,14H2,1-2H3,(H2,24,27). The van der Waals surface area contributed by atoms with Crippen molar-refractivity contribution in [2.75, 3.05) is 18.2 Å². The van der Waals surface area contributed by atoms with E-state index >= 15 is 0 Å². The molecule has 0 aliphatic rings. The van der Waals surface area contributed by atoms with Crippen LogP contribution in [0.4, 0.5) is 11.5 Å². The third kappa shape index (κ3) is 3.47. The molecule has 0 aliphatic carbocycles. The average molecular weight is 370 g/mol. The number of rotatable bonds is 5. The average Bonchev–Trinajstić information content (AvgIpc) is 2.72. The first-order valence-corrected chi connectivity index (χ1v) is 9.14. The Morgan fingerprint density at radius 3 is 2.71 bits per heavy atom. The summed E-state index contributed by atoms with van der Waals surface area (Å²) in [6.07, 6.45) is 1.85. The van der Waals surface area contributed by atoms with Gasteiger partial charge in [0, 0.05) is 29.4 Å². The van der Waals surface area contributed by atoms with Gasteiger partial charge in [0.1, 0.15) is 11.6 Å². The zero-order valence-electron chi connectivity index (χ0n) is 15.9. The van der Waals surface area contributed by atoms with Crippen molar-refractivity contribution in [1.82, 2.24) is 9.97 Å². The fraction of sp³-hybridized carbons (Fsp3) is 0.130. The van der Waals surface area contributed by atoms with Crippen LogP contribution in [0.25, 0.3) is 22.0 Å². The number of aromatic nitrogens is 2. The van der Waals surface area contributed by atoms with E-state index in [1.807, 2.05) is 55.6 Å². The van der Waals surface area contributed by atoms with Gasteiger partial charge in [0.25, 0.3) is 0 Å². The largest absolute Gasteiger partial charge is 0.496 e. The molecule has 0 fully saturated rings. The zero-order valence-corrected chi connectivity index (χ0v) is 15.9. The Balaban J connectivity index is 1.69. The van der Waals surface area contributed by atoms with E-state index in [4.69, 9.17) is 10.5 Å². The minimum Gasteiger partial charge on any atom is -0.496 e. The fourth-order valence-corrected chi connectivity index (χ4v) is 3.35. The van der Waals surface area contributed by atoms with Gasteiger partial charge in [-0.15, -0.1) is 0 Å². The number of nitrogens with two attached hydrogens (primary N) is 1. The molecule has 2 aromatic heterocycles. The van der Waals surface area contributed by atoms with Gasteiger partial charge < -0.3 is 15.8 Å². The van der Waals surface area contributed by atoms with E-state index in [1.165, 1.54) is 0 Å². The smallest absolute Gasteiger partial charge is 0.147 e. The maximum Gasteiger partial charge on any atom is 0.147 e. The molecule has 5 nitrogen and oxygen atoms in total. The maximum atomic E-state index is 6.03. The van der Waals surface area contributed by atoms with E-state index in [2.05, 4.69) is 33.5 Å². The summed E-state index contributed by atoms with van der Waals surface area (Å²) in [5, 5.41) is 4.49. The van der Waals surface area contributed by atoms with Crippen LogP contribution in [0.1, 0.15) is 11.3 Å². The topological polar surface area (TPSA) is 73.1 Å². The number of anilines is 2. The minimum atomic E-state index is 0.496. The van der Waals surface area contributed by atoms with Crippen molar-refractivity contribution in [3.63, 3.8) is 0 Å². The van der Waals surface area contributed by atoms with E-state index in [-0.39, 0.29) is 0 Å². The molecule has 2 aromatic carbocycles. The number of nitrogens with one attached hydrogen (secondary N) is 1. The van der Waals surface area contributed by atoms with Crippen LogP contribution in [-0.2, 0) is 6.54 Å². The second-order valence-corrected chi connectivity index (χ2v) is 6.64. The highest BCUT2D eigenvalue weighted by Gasteiger charge is 2.10. The molecule has 4 aromatic rings. The summed E-state index contributed by atoms with van der Waals surface area (Å²) in [6.45, 7) is 2.50. The Morgan fingerprint density at radius 1 is 1.04 bits per heavy atom. The van der Waals surface area contributed by atoms with Crippen molar-refractivity contribution in [1.29, 1.82) is 0 Å². The molecular weight excluding hydrogens is 348 g/mol. The lowest BCUT2D eigenvalue weighted by atomic mass is 9.99. The molecule has 28 heavy (non-hydrogen) atoms. The minimum absolute atomic E-state index is 0.496. The number of pyridine rings is 2. The highest BCUT2D eigenvalue weighted by molar-refractivity contribution is 5.94. The maximum absolute atomic E-state index is 6.03. The summed E-state index contributed by atoms with van der Waals surface area (Å²) >= 11 is 0. The molecule has 0 saturated heterocycles. The number of ether oxygens (including phenoxy) is 1. The molecule has 4 rings (SSSR count). The van der Waals surface area contributed by atoms with E-state index < -0.39 is 0 Å². The van der Waals surface area contributed by atoms with Gasteiger partial charge in [0.05, 0.1) is 18.3 Å². The molecule has 0 radical (unpaired) electrons. The molecule has 5 heteroatoms. The van der Waals surface area contributed by atoms with Crippen molar-refractivity contribution < 1.29 is 4.74 Å². The highest BCUT2D eigenvalue weighted by atomic mass is 16.5. The Bertz CT molecular complexity index is 1140. The third-order valence-electron chi connectivity index (χ3n) is 4.77. The van der Waals surface area contributed by atoms with Crippen molar-refractivity contribution >= 4 is 22.4 Å². The quantitative estimate of drug-likeness (QED) is 0.527. The normalized spacial score (nSPS) is 10.8. The number of nitrogen functional groups attached to an aromatic ring is 1. The lowest BCUT2D eigenvalue weighted by molar-refractivity contribution is 0.410. The SMILES string of the molecule is COc1ccc(-c2ccnc3ccccc23)cc1CNc1ccc(C)nc1N. The number of nitrogens with zero attached hydrogens (tertiary/aromatic N) is 2. The Hall–Kier alpha value is -3.60. The van der Waals surface area contributed by atoms with Crippen molar-refractivity contribution in [3.8, 4) is 16.9 Å². The summed E-state index contributed by atoms with van der Waals surface area (Å²) < 4.78 is 5.56. The number of hydrogen-bond donors (Lipinski definition) is 2. The van der Waals surface area contributed by atoms with Crippen molar-refractivity contribution in [2.24, 2.45) is 0 Å². The molecule has 0 spiro atoms. The van der Waals surface area contributed by atoms with Crippen LogP contribution in [0.5, 0.6) is 5.75 Å².